The minimum atomic E-state index is -0.116. The Morgan fingerprint density at radius 3 is 2.10 bits per heavy atom. The molecule has 0 saturated carbocycles. The van der Waals surface area contributed by atoms with Crippen LogP contribution in [0.3, 0.4) is 0 Å². The van der Waals surface area contributed by atoms with E-state index in [1.165, 1.54) is 27.6 Å². The topological polar surface area (TPSA) is 58.3 Å². The molecule has 0 saturated heterocycles. The lowest BCUT2D eigenvalue weighted by molar-refractivity contribution is 0.442. The highest BCUT2D eigenvalue weighted by molar-refractivity contribution is 6.60. The van der Waals surface area contributed by atoms with Crippen LogP contribution in [0, 0.1) is 24.2 Å². The van der Waals surface area contributed by atoms with Crippen LogP contribution >= 0.6 is 0 Å². The molecule has 6 aromatic rings. The molecule has 0 spiro atoms. The molecule has 0 radical (unpaired) electrons. The summed E-state index contributed by atoms with van der Waals surface area (Å²) < 4.78 is 2.31. The Morgan fingerprint density at radius 1 is 0.808 bits per heavy atom. The number of rotatable bonds is 6. The summed E-state index contributed by atoms with van der Waals surface area (Å²) in [5.41, 5.74) is 11.9. The van der Waals surface area contributed by atoms with Crippen molar-refractivity contribution in [2.45, 2.75) is 19.8 Å². The largest absolute Gasteiger partial charge is 0.508 e. The smallest absolute Gasteiger partial charge is 0.160 e. The third kappa shape index (κ3) is 5.27. The highest BCUT2D eigenvalue weighted by Gasteiger charge is 2.26. The summed E-state index contributed by atoms with van der Waals surface area (Å²) in [5.74, 6) is 4.06. The van der Waals surface area contributed by atoms with Crippen LogP contribution in [0.15, 0.2) is 115 Å². The molecule has 4 nitrogen and oxygen atoms in total. The molecule has 248 valence electrons. The molecule has 0 fully saturated rings. The van der Waals surface area contributed by atoms with E-state index >= 15 is 0 Å². The van der Waals surface area contributed by atoms with Crippen LogP contribution in [0.25, 0.3) is 49.3 Å². The molecule has 0 amide bonds. The third-order valence-corrected chi connectivity index (χ3v) is 11.4. The second-order valence-electron chi connectivity index (χ2n) is 14.1. The average Bonchev–Trinajstić information content (AvgIpc) is 3.57. The van der Waals surface area contributed by atoms with E-state index in [2.05, 4.69) is 121 Å². The summed E-state index contributed by atoms with van der Waals surface area (Å²) in [6.07, 6.45) is 21.0. The Labute approximate surface area is 308 Å². The van der Waals surface area contributed by atoms with Gasteiger partial charge < -0.3 is 10.2 Å². The monoisotopic (exact) mass is 670 g/mol. The molecule has 2 N–H and O–H groups in total. The number of benzene rings is 5. The molecule has 2 unspecified atom stereocenters. The van der Waals surface area contributed by atoms with Crippen LogP contribution in [0.2, 0.25) is 0 Å². The van der Waals surface area contributed by atoms with E-state index in [0.29, 0.717) is 11.9 Å². The molecule has 2 aliphatic carbocycles. The molecule has 2 atom stereocenters. The average molecular weight is 670 g/mol. The fourth-order valence-corrected chi connectivity index (χ4v) is 8.47. The van der Waals surface area contributed by atoms with Crippen LogP contribution in [0.5, 0.6) is 5.75 Å². The fraction of sp³-hybridized carbons (Fsp3) is 0.114. The molecule has 1 aromatic heterocycles. The Hall–Kier alpha value is -5.79. The van der Waals surface area contributed by atoms with Gasteiger partial charge in [0.05, 0.1) is 11.0 Å². The number of aliphatic hydroxyl groups excluding tert-OH is 1. The Morgan fingerprint density at radius 2 is 1.42 bits per heavy atom. The molecule has 8 rings (SSSR count). The second-order valence-corrected chi connectivity index (χ2v) is 14.1. The number of fused-ring (bicyclic) bond motifs is 4. The highest BCUT2D eigenvalue weighted by Crippen LogP contribution is 2.43. The SMILES string of the molecule is B/C(=C(\O)C#C)c1c(B)c(B)c(B)c(O)c1Cc1c2ccccc2c(C2=CC3C=CC(n4c(CC)nc5ccccc54)=CC3C=C2)c2ccccc12. The lowest BCUT2D eigenvalue weighted by Gasteiger charge is -2.28. The zero-order chi connectivity index (χ0) is 36.3. The number of phenolic OH excluding ortho intramolecular Hbond substituents is 1. The molecular formula is C44H38B4N2O2. The van der Waals surface area contributed by atoms with Crippen molar-refractivity contribution in [2.24, 2.45) is 11.8 Å². The zero-order valence-electron chi connectivity index (χ0n) is 30.3. The van der Waals surface area contributed by atoms with Gasteiger partial charge >= 0.3 is 0 Å². The Kier molecular flexibility index (Phi) is 8.39. The van der Waals surface area contributed by atoms with E-state index in [9.17, 15) is 10.2 Å². The third-order valence-electron chi connectivity index (χ3n) is 11.4. The summed E-state index contributed by atoms with van der Waals surface area (Å²) in [7, 11) is 7.84. The van der Waals surface area contributed by atoms with Crippen LogP contribution in [0.1, 0.15) is 35.0 Å². The van der Waals surface area contributed by atoms with Crippen molar-refractivity contribution in [3.05, 3.63) is 143 Å². The summed E-state index contributed by atoms with van der Waals surface area (Å²) in [6, 6.07) is 25.6. The van der Waals surface area contributed by atoms with E-state index in [1.54, 1.807) is 0 Å². The van der Waals surface area contributed by atoms with Crippen molar-refractivity contribution in [2.75, 3.05) is 0 Å². The number of phenols is 1. The number of hydrogen-bond donors (Lipinski definition) is 2. The fourth-order valence-electron chi connectivity index (χ4n) is 8.47. The van der Waals surface area contributed by atoms with E-state index in [1.807, 2.05) is 37.5 Å². The van der Waals surface area contributed by atoms with Gasteiger partial charge in [0.25, 0.3) is 0 Å². The predicted molar refractivity (Wildman–Crippen MR) is 230 cm³/mol. The first-order valence-electron chi connectivity index (χ1n) is 18.1. The van der Waals surface area contributed by atoms with Gasteiger partial charge in [-0.25, -0.2) is 4.98 Å². The summed E-state index contributed by atoms with van der Waals surface area (Å²) in [4.78, 5) is 4.92. The molecule has 1 heterocycles. The standard InChI is InChI=1S/C44H38B4N2O2/c1-3-36(51)40(45)39-33(44(52)43(48)42(47)41(39)46)23-32-28-11-5-7-13-30(28)38(31-14-8-6-12-29(31)32)26-18-17-25-22-27(20-19-24(25)21-26)50-35-16-10-9-15-34(35)49-37(50)4-2/h1,5-22,24-25,51-52H,4,23,45-48H2,2H3/b40-36-. The maximum Gasteiger partial charge on any atom is 0.160 e. The maximum atomic E-state index is 11.7. The van der Waals surface area contributed by atoms with Crippen LogP contribution < -0.4 is 16.4 Å². The number of aryl methyl sites for hydroxylation is 1. The van der Waals surface area contributed by atoms with Crippen LogP contribution in [-0.2, 0) is 12.8 Å². The van der Waals surface area contributed by atoms with Crippen molar-refractivity contribution < 1.29 is 10.2 Å². The highest BCUT2D eigenvalue weighted by atomic mass is 16.3. The van der Waals surface area contributed by atoms with Gasteiger partial charge in [0.2, 0.25) is 0 Å². The zero-order valence-corrected chi connectivity index (χ0v) is 30.3. The second kappa shape index (κ2) is 13.1. The number of terminal acetylenes is 1. The van der Waals surface area contributed by atoms with Gasteiger partial charge in [-0.05, 0) is 73.4 Å². The first-order valence-corrected chi connectivity index (χ1v) is 18.1. The number of imidazole rings is 1. The molecule has 0 aliphatic heterocycles. The maximum absolute atomic E-state index is 11.7. The molecule has 52 heavy (non-hydrogen) atoms. The minimum Gasteiger partial charge on any atom is -0.508 e. The summed E-state index contributed by atoms with van der Waals surface area (Å²) >= 11 is 0. The van der Waals surface area contributed by atoms with E-state index < -0.39 is 0 Å². The van der Waals surface area contributed by atoms with Gasteiger partial charge in [-0.15, -0.1) is 6.42 Å². The predicted octanol–water partition coefficient (Wildman–Crippen LogP) is 3.77. The minimum absolute atomic E-state index is 0.116. The van der Waals surface area contributed by atoms with E-state index in [-0.39, 0.29) is 23.3 Å². The number of hydrogen-bond acceptors (Lipinski definition) is 3. The lowest BCUT2D eigenvalue weighted by atomic mass is 9.64. The molecule has 2 aliphatic rings. The number of nitrogens with zero attached hydrogens (tertiary/aromatic N) is 2. The van der Waals surface area contributed by atoms with Gasteiger partial charge in [0.15, 0.2) is 5.76 Å². The molecule has 0 bridgehead atoms. The van der Waals surface area contributed by atoms with Crippen LogP contribution in [-0.4, -0.2) is 51.1 Å². The van der Waals surface area contributed by atoms with Crippen molar-refractivity contribution in [3.8, 4) is 18.1 Å². The van der Waals surface area contributed by atoms with Crippen molar-refractivity contribution in [1.82, 2.24) is 9.55 Å². The summed E-state index contributed by atoms with van der Waals surface area (Å²) in [5, 5.41) is 27.1. The lowest BCUT2D eigenvalue weighted by Crippen LogP contribution is -2.42. The van der Waals surface area contributed by atoms with Crippen molar-refractivity contribution >= 4 is 97.1 Å². The number of para-hydroxylation sites is 2. The Balaban J connectivity index is 1.26. The Bertz CT molecular complexity index is 2630. The van der Waals surface area contributed by atoms with Gasteiger partial charge in [-0.3, -0.25) is 4.57 Å². The van der Waals surface area contributed by atoms with E-state index in [0.717, 1.165) is 67.1 Å². The first kappa shape index (κ1) is 33.4. The van der Waals surface area contributed by atoms with Crippen molar-refractivity contribution in [3.63, 3.8) is 0 Å². The number of aromatic nitrogens is 2. The van der Waals surface area contributed by atoms with Crippen LogP contribution in [0.4, 0.5) is 0 Å². The molecular weight excluding hydrogens is 632 g/mol. The number of aliphatic hydroxyl groups is 1. The normalized spacial score (nSPS) is 17.2. The van der Waals surface area contributed by atoms with Gasteiger partial charge in [0, 0.05) is 35.9 Å². The van der Waals surface area contributed by atoms with Gasteiger partial charge in [0.1, 0.15) is 43.0 Å². The van der Waals surface area contributed by atoms with Gasteiger partial charge in [-0.1, -0.05) is 114 Å². The summed E-state index contributed by atoms with van der Waals surface area (Å²) in [6.45, 7) is 2.16. The number of aromatic hydroxyl groups is 1. The van der Waals surface area contributed by atoms with Gasteiger partial charge in [-0.2, -0.15) is 0 Å². The molecule has 8 heteroatoms. The quantitative estimate of drug-likeness (QED) is 0.123. The number of allylic oxidation sites excluding steroid dienone is 9. The first-order chi connectivity index (χ1) is 25.2. The van der Waals surface area contributed by atoms with E-state index in [4.69, 9.17) is 11.4 Å². The molecule has 5 aromatic carbocycles. The van der Waals surface area contributed by atoms with Crippen molar-refractivity contribution in [1.29, 1.82) is 0 Å².